The monoisotopic (exact) mass is 714 g/mol. The average molecular weight is 715 g/mol. The topological polar surface area (TPSA) is 251 Å². The summed E-state index contributed by atoms with van der Waals surface area (Å²) in [6, 6.07) is 0. The maximum Gasteiger partial charge on any atom is 0.386 e. The van der Waals surface area contributed by atoms with E-state index in [0.29, 0.717) is 11.2 Å². The highest BCUT2D eigenvalue weighted by Crippen LogP contribution is 2.58. The number of thiol groups is 1. The molecule has 5 aromatic heterocycles. The van der Waals surface area contributed by atoms with Crippen molar-refractivity contribution < 1.29 is 42.1 Å². The van der Waals surface area contributed by atoms with E-state index in [1.165, 1.54) is 29.7 Å². The number of nitrogens with one attached hydrogen (secondary N) is 1. The molecule has 8 rings (SSSR count). The number of aliphatic hydroxyl groups excluding tert-OH is 1. The minimum absolute atomic E-state index is 0.0521. The third-order valence-corrected chi connectivity index (χ3v) is 11.1. The van der Waals surface area contributed by atoms with Gasteiger partial charge in [0, 0.05) is 18.8 Å². The molecule has 0 spiro atoms. The number of aromatic amines is 1. The fourth-order valence-electron chi connectivity index (χ4n) is 5.81. The minimum atomic E-state index is -4.21. The molecule has 24 heteroatoms. The smallest absolute Gasteiger partial charge is 0.386 e. The SMILES string of the molecule is Nc1ncnc2c1ncn2[C@H]1C[C@@H]2OP(O)(=S)OC[C@H]3O[C@@H](n4cnc5c(=O)[nH]c6nccn6c54)[C@H](O)[C@@H]3OP(=O)(S)OC[C@H]2O1. The molecule has 46 heavy (non-hydrogen) atoms. The van der Waals surface area contributed by atoms with Gasteiger partial charge in [-0.2, -0.15) is 0 Å². The van der Waals surface area contributed by atoms with Gasteiger partial charge >= 0.3 is 13.5 Å². The number of nitrogens with zero attached hydrogens (tertiary/aromatic N) is 8. The highest BCUT2D eigenvalue weighted by Gasteiger charge is 2.51. The van der Waals surface area contributed by atoms with Crippen LogP contribution in [0.4, 0.5) is 5.82 Å². The normalized spacial score (nSPS) is 35.7. The Labute approximate surface area is 266 Å². The Morgan fingerprint density at radius 3 is 2.65 bits per heavy atom. The molecule has 0 aliphatic carbocycles. The third-order valence-electron chi connectivity index (χ3n) is 7.87. The summed E-state index contributed by atoms with van der Waals surface area (Å²) in [7, 11) is 0. The van der Waals surface area contributed by atoms with Crippen LogP contribution >= 0.6 is 25.8 Å². The number of imidazole rings is 3. The van der Waals surface area contributed by atoms with Crippen molar-refractivity contribution in [2.45, 2.75) is 49.4 Å². The highest BCUT2D eigenvalue weighted by atomic mass is 32.7. The molecule has 0 saturated carbocycles. The lowest BCUT2D eigenvalue weighted by Gasteiger charge is -2.29. The summed E-state index contributed by atoms with van der Waals surface area (Å²) in [5.41, 5.74) is 6.49. The summed E-state index contributed by atoms with van der Waals surface area (Å²) in [4.78, 5) is 47.0. The number of aliphatic hydroxyl groups is 1. The first kappa shape index (κ1) is 30.5. The first-order chi connectivity index (χ1) is 22.0. The molecule has 9 atom stereocenters. The second-order valence-corrected chi connectivity index (χ2v) is 16.3. The number of anilines is 1. The molecule has 0 radical (unpaired) electrons. The molecule has 5 aromatic rings. The van der Waals surface area contributed by atoms with Crippen molar-refractivity contribution in [1.82, 2.24) is 43.4 Å². The maximum absolute atomic E-state index is 13.5. The number of nitrogen functional groups attached to an aromatic ring is 1. The molecule has 3 aliphatic heterocycles. The Morgan fingerprint density at radius 2 is 1.80 bits per heavy atom. The molecular weight excluding hydrogens is 690 g/mol. The predicted molar refractivity (Wildman–Crippen MR) is 162 cm³/mol. The Morgan fingerprint density at radius 1 is 1.02 bits per heavy atom. The number of fused-ring (bicyclic) bond motifs is 6. The Kier molecular flexibility index (Phi) is 7.36. The Bertz CT molecular complexity index is 2140. The van der Waals surface area contributed by atoms with Gasteiger partial charge in [-0.15, -0.1) is 0 Å². The van der Waals surface area contributed by atoms with E-state index in [0.717, 1.165) is 0 Å². The first-order valence-electron chi connectivity index (χ1n) is 13.6. The molecule has 244 valence electrons. The summed E-state index contributed by atoms with van der Waals surface area (Å²) in [5, 5.41) is 11.4. The van der Waals surface area contributed by atoms with Crippen LogP contribution in [0.1, 0.15) is 18.9 Å². The van der Waals surface area contributed by atoms with Crippen molar-refractivity contribution in [2.24, 2.45) is 0 Å². The van der Waals surface area contributed by atoms with Crippen molar-refractivity contribution >= 4 is 71.5 Å². The molecule has 8 heterocycles. The molecule has 3 saturated heterocycles. The van der Waals surface area contributed by atoms with Gasteiger partial charge < -0.3 is 34.3 Å². The van der Waals surface area contributed by atoms with Crippen LogP contribution in [0.2, 0.25) is 0 Å². The van der Waals surface area contributed by atoms with E-state index in [9.17, 15) is 19.4 Å². The van der Waals surface area contributed by atoms with Crippen molar-refractivity contribution in [3.05, 3.63) is 41.7 Å². The van der Waals surface area contributed by atoms with Crippen molar-refractivity contribution in [2.75, 3.05) is 18.9 Å². The zero-order chi connectivity index (χ0) is 32.0. The number of ether oxygens (including phenoxy) is 2. The first-order valence-corrected chi connectivity index (χ1v) is 18.9. The Hall–Kier alpha value is -2.85. The van der Waals surface area contributed by atoms with Gasteiger partial charge in [0.25, 0.3) is 5.56 Å². The van der Waals surface area contributed by atoms with Crippen LogP contribution in [0.3, 0.4) is 0 Å². The van der Waals surface area contributed by atoms with Crippen LogP contribution in [0.25, 0.3) is 28.1 Å². The fourth-order valence-corrected chi connectivity index (χ4v) is 8.78. The van der Waals surface area contributed by atoms with Gasteiger partial charge in [-0.05, 0) is 11.8 Å². The maximum atomic E-state index is 13.5. The molecular formula is C22H24N10O10P2S2. The second-order valence-electron chi connectivity index (χ2n) is 10.6. The third kappa shape index (κ3) is 5.18. The van der Waals surface area contributed by atoms with Crippen LogP contribution in [0.5, 0.6) is 0 Å². The lowest BCUT2D eigenvalue weighted by molar-refractivity contribution is -0.0573. The predicted octanol–water partition coefficient (Wildman–Crippen LogP) is 0.412. The van der Waals surface area contributed by atoms with Gasteiger partial charge in [0.2, 0.25) is 5.78 Å². The van der Waals surface area contributed by atoms with Crippen LogP contribution < -0.4 is 11.3 Å². The van der Waals surface area contributed by atoms with Crippen LogP contribution in [-0.4, -0.2) is 97.2 Å². The molecule has 3 fully saturated rings. The van der Waals surface area contributed by atoms with Gasteiger partial charge in [0.15, 0.2) is 28.9 Å². The van der Waals surface area contributed by atoms with Gasteiger partial charge in [-0.3, -0.25) is 32.4 Å². The molecule has 2 unspecified atom stereocenters. The molecule has 0 aromatic carbocycles. The fraction of sp³-hybridized carbons (Fsp3) is 0.455. The van der Waals surface area contributed by atoms with E-state index in [4.69, 9.17) is 45.1 Å². The number of hydrogen-bond donors (Lipinski definition) is 5. The summed E-state index contributed by atoms with van der Waals surface area (Å²) in [6.07, 6.45) is -0.534. The zero-order valence-electron chi connectivity index (χ0n) is 23.1. The van der Waals surface area contributed by atoms with Crippen molar-refractivity contribution in [3.63, 3.8) is 0 Å². The number of rotatable bonds is 2. The quantitative estimate of drug-likeness (QED) is 0.123. The zero-order valence-corrected chi connectivity index (χ0v) is 26.6. The molecule has 3 aliphatic rings. The van der Waals surface area contributed by atoms with E-state index >= 15 is 0 Å². The van der Waals surface area contributed by atoms with E-state index in [-0.39, 0.29) is 35.8 Å². The van der Waals surface area contributed by atoms with Crippen LogP contribution in [0.15, 0.2) is 36.2 Å². The molecule has 0 amide bonds. The van der Waals surface area contributed by atoms with Gasteiger partial charge in [-0.1, -0.05) is 12.2 Å². The summed E-state index contributed by atoms with van der Waals surface area (Å²) < 4.78 is 53.2. The molecule has 20 nitrogen and oxygen atoms in total. The van der Waals surface area contributed by atoms with Gasteiger partial charge in [0.1, 0.15) is 42.5 Å². The number of nitrogens with two attached hydrogens (primary N) is 1. The van der Waals surface area contributed by atoms with E-state index < -0.39 is 68.7 Å². The van der Waals surface area contributed by atoms with Gasteiger partial charge in [0.05, 0.1) is 32.0 Å². The van der Waals surface area contributed by atoms with E-state index in [1.807, 2.05) is 0 Å². The van der Waals surface area contributed by atoms with Crippen molar-refractivity contribution in [1.29, 1.82) is 0 Å². The largest absolute Gasteiger partial charge is 0.386 e. The summed E-state index contributed by atoms with van der Waals surface area (Å²) in [6.45, 7) is -9.00. The van der Waals surface area contributed by atoms with Crippen LogP contribution in [-0.2, 0) is 43.9 Å². The number of H-pyrrole nitrogens is 1. The standard InChI is InChI=1S/C22H24N10O10P2S2/c23-17-13-18(26-6-25-17)31(7-27-13)12-3-9-10(39-12)4-37-44(36,46)42-16-11(5-38-43(35,45)41-9)40-21(15(16)33)32-8-28-14-19(34)29-22-24-1-2-30(22)20(14)32/h1-2,6-12,15-16,21,33H,3-5H2,(H,35,45)(H,36,46)(H2,23,25,26)(H,24,29,34)/t9-,10+,11+,12+,15+,16+,21+,43?,44?/m0/s1. The van der Waals surface area contributed by atoms with Crippen molar-refractivity contribution in [3.8, 4) is 0 Å². The second kappa shape index (κ2) is 11.1. The van der Waals surface area contributed by atoms with Gasteiger partial charge in [-0.25, -0.2) is 29.5 Å². The lowest BCUT2D eigenvalue weighted by Crippen LogP contribution is -2.37. The summed E-state index contributed by atoms with van der Waals surface area (Å²) in [5.74, 6) is 0.417. The van der Waals surface area contributed by atoms with E-state index in [1.54, 1.807) is 15.2 Å². The average Bonchev–Trinajstić information content (AvgIpc) is 3.82. The molecule has 5 N–H and O–H groups in total. The van der Waals surface area contributed by atoms with E-state index in [2.05, 4.69) is 42.2 Å². The number of hydrogen-bond acceptors (Lipinski definition) is 16. The highest BCUT2D eigenvalue weighted by molar-refractivity contribution is 8.44. The van der Waals surface area contributed by atoms with Crippen LogP contribution in [0, 0.1) is 0 Å². The molecule has 0 bridgehead atoms. The lowest BCUT2D eigenvalue weighted by atomic mass is 10.1. The Balaban J connectivity index is 1.08. The number of aromatic nitrogens is 9. The minimum Gasteiger partial charge on any atom is -0.386 e. The summed E-state index contributed by atoms with van der Waals surface area (Å²) >= 11 is 9.47.